The first kappa shape index (κ1) is 19.8. The lowest BCUT2D eigenvalue weighted by Crippen LogP contribution is -2.61. The number of thiazole rings is 1. The van der Waals surface area contributed by atoms with Gasteiger partial charge in [-0.25, -0.2) is 4.98 Å². The van der Waals surface area contributed by atoms with E-state index < -0.39 is 30.2 Å². The minimum absolute atomic E-state index is 0.194. The quantitative estimate of drug-likeness (QED) is 0.713. The maximum atomic E-state index is 12.8. The molecule has 3 rings (SSSR count). The highest BCUT2D eigenvalue weighted by atomic mass is 32.1. The number of hydrogen-bond donors (Lipinski definition) is 3. The largest absolute Gasteiger partial charge is 0.434 e. The van der Waals surface area contributed by atoms with Crippen LogP contribution in [0.25, 0.3) is 0 Å². The number of likely N-dealkylation sites (tertiary alicyclic amines) is 1. The maximum Gasteiger partial charge on any atom is 0.434 e. The topological polar surface area (TPSA) is 80.1 Å². The summed E-state index contributed by atoms with van der Waals surface area (Å²) in [5.74, 6) is 0.194. The van der Waals surface area contributed by atoms with E-state index >= 15 is 0 Å². The Morgan fingerprint density at radius 1 is 1.23 bits per heavy atom. The van der Waals surface area contributed by atoms with Gasteiger partial charge in [-0.1, -0.05) is 0 Å². The summed E-state index contributed by atoms with van der Waals surface area (Å²) >= 11 is 1.00. The van der Waals surface area contributed by atoms with E-state index in [0.717, 1.165) is 29.6 Å². The fourth-order valence-corrected chi connectivity index (χ4v) is 4.61. The van der Waals surface area contributed by atoms with Crippen molar-refractivity contribution in [2.24, 2.45) is 5.92 Å². The monoisotopic (exact) mass is 395 g/mol. The molecule has 5 atom stereocenters. The molecule has 2 fully saturated rings. The second-order valence-electron chi connectivity index (χ2n) is 7.21. The average molecular weight is 395 g/mol. The van der Waals surface area contributed by atoms with Gasteiger partial charge in [0.1, 0.15) is 6.10 Å². The van der Waals surface area contributed by atoms with Gasteiger partial charge in [-0.05, 0) is 25.7 Å². The lowest BCUT2D eigenvalue weighted by molar-refractivity contribution is -0.140. The van der Waals surface area contributed by atoms with Crippen molar-refractivity contribution in [1.29, 1.82) is 0 Å². The Labute approximate surface area is 153 Å². The van der Waals surface area contributed by atoms with Crippen LogP contribution in [0, 0.1) is 5.92 Å². The van der Waals surface area contributed by atoms with Crippen LogP contribution in [0.5, 0.6) is 0 Å². The fraction of sp³-hybridized carbons (Fsp3) is 0.812. The summed E-state index contributed by atoms with van der Waals surface area (Å²) in [5, 5.41) is 31.1. The fourth-order valence-electron chi connectivity index (χ4n) is 3.74. The molecule has 3 N–H and O–H groups in total. The highest BCUT2D eigenvalue weighted by Gasteiger charge is 2.40. The molecule has 3 heterocycles. The third kappa shape index (κ3) is 4.14. The summed E-state index contributed by atoms with van der Waals surface area (Å²) in [6, 6.07) is -0.291. The highest BCUT2D eigenvalue weighted by molar-refractivity contribution is 7.13. The molecular formula is C16H24F3N3O3S. The smallest absolute Gasteiger partial charge is 0.389 e. The van der Waals surface area contributed by atoms with Gasteiger partial charge in [0.05, 0.1) is 12.2 Å². The zero-order valence-electron chi connectivity index (χ0n) is 14.4. The molecule has 0 aliphatic carbocycles. The molecule has 148 valence electrons. The summed E-state index contributed by atoms with van der Waals surface area (Å²) in [6.07, 6.45) is -5.84. The van der Waals surface area contributed by atoms with Gasteiger partial charge >= 0.3 is 6.18 Å². The molecule has 1 aromatic rings. The molecule has 0 radical (unpaired) electrons. The Balaban J connectivity index is 1.63. The van der Waals surface area contributed by atoms with E-state index in [4.69, 9.17) is 0 Å². The van der Waals surface area contributed by atoms with Gasteiger partial charge in [-0.3, -0.25) is 4.90 Å². The molecular weight excluding hydrogens is 371 g/mol. The summed E-state index contributed by atoms with van der Waals surface area (Å²) in [7, 11) is 0. The van der Waals surface area contributed by atoms with Crippen LogP contribution < -0.4 is 4.90 Å². The molecule has 0 aromatic carbocycles. The van der Waals surface area contributed by atoms with E-state index in [1.165, 1.54) is 0 Å². The summed E-state index contributed by atoms with van der Waals surface area (Å²) in [5.41, 5.74) is -0.857. The lowest BCUT2D eigenvalue weighted by Gasteiger charge is -2.44. The predicted molar refractivity (Wildman–Crippen MR) is 91.1 cm³/mol. The minimum Gasteiger partial charge on any atom is -0.389 e. The van der Waals surface area contributed by atoms with E-state index in [-0.39, 0.29) is 18.5 Å². The second kappa shape index (κ2) is 7.59. The molecule has 2 aliphatic rings. The molecule has 10 heteroatoms. The van der Waals surface area contributed by atoms with Gasteiger partial charge in [0.2, 0.25) is 0 Å². The number of halogens is 3. The van der Waals surface area contributed by atoms with Crippen molar-refractivity contribution in [3.63, 3.8) is 0 Å². The maximum absolute atomic E-state index is 12.8. The lowest BCUT2D eigenvalue weighted by atomic mass is 9.91. The van der Waals surface area contributed by atoms with Crippen LogP contribution in [0.2, 0.25) is 0 Å². The Hall–Kier alpha value is -0.940. The van der Waals surface area contributed by atoms with E-state index in [1.807, 2.05) is 9.80 Å². The molecule has 26 heavy (non-hydrogen) atoms. The van der Waals surface area contributed by atoms with Gasteiger partial charge in [-0.2, -0.15) is 13.2 Å². The van der Waals surface area contributed by atoms with Crippen LogP contribution in [0.4, 0.5) is 18.3 Å². The highest BCUT2D eigenvalue weighted by Crippen LogP contribution is 2.34. The summed E-state index contributed by atoms with van der Waals surface area (Å²) in [4.78, 5) is 7.55. The van der Waals surface area contributed by atoms with Crippen LogP contribution in [-0.4, -0.2) is 75.7 Å². The van der Waals surface area contributed by atoms with Gasteiger partial charge < -0.3 is 20.2 Å². The van der Waals surface area contributed by atoms with E-state index in [1.54, 1.807) is 6.92 Å². The van der Waals surface area contributed by atoms with Gasteiger partial charge in [0.25, 0.3) is 0 Å². The number of alkyl halides is 3. The van der Waals surface area contributed by atoms with E-state index in [0.29, 0.717) is 24.8 Å². The average Bonchev–Trinajstić information content (AvgIpc) is 3.08. The van der Waals surface area contributed by atoms with Crippen LogP contribution in [0.1, 0.15) is 25.5 Å². The number of β-amino-alcohol motifs (C(OH)–C–C–N with tert-alkyl or cyclic N) is 1. The Bertz CT molecular complexity index is 615. The van der Waals surface area contributed by atoms with Crippen LogP contribution >= 0.6 is 11.3 Å². The number of hydrogen-bond acceptors (Lipinski definition) is 7. The summed E-state index contributed by atoms with van der Waals surface area (Å²) in [6.45, 7) is 3.93. The van der Waals surface area contributed by atoms with Gasteiger partial charge in [-0.15, -0.1) is 11.3 Å². The molecule has 5 unspecified atom stereocenters. The van der Waals surface area contributed by atoms with Crippen molar-refractivity contribution >= 4 is 16.5 Å². The molecule has 0 bridgehead atoms. The van der Waals surface area contributed by atoms with Gasteiger partial charge in [0.15, 0.2) is 10.8 Å². The zero-order valence-corrected chi connectivity index (χ0v) is 15.2. The Morgan fingerprint density at radius 2 is 1.96 bits per heavy atom. The van der Waals surface area contributed by atoms with Crippen molar-refractivity contribution in [3.05, 3.63) is 11.1 Å². The first-order valence-electron chi connectivity index (χ1n) is 8.72. The number of nitrogens with zero attached hydrogens (tertiary/aromatic N) is 3. The summed E-state index contributed by atoms with van der Waals surface area (Å²) < 4.78 is 38.3. The second-order valence-corrected chi connectivity index (χ2v) is 8.05. The standard InChI is InChI=1S/C16H24F3N3O3S/c1-9-13(24)14(25)11(23)7-22(9)6-10-3-2-4-21(5-10)15-20-12(8-26-15)16(17,18)19/h8-11,13-14,23-25H,2-7H2,1H3. The number of aliphatic hydroxyl groups excluding tert-OH is 3. The molecule has 0 amide bonds. The SMILES string of the molecule is CC1C(O)C(O)C(O)CN1CC1CCCN(c2nc(C(F)(F)F)cs2)C1. The number of rotatable bonds is 3. The molecule has 0 spiro atoms. The molecule has 6 nitrogen and oxygen atoms in total. The predicted octanol–water partition coefficient (Wildman–Crippen LogP) is 1.17. The number of aliphatic hydroxyl groups is 3. The van der Waals surface area contributed by atoms with Crippen LogP contribution in [0.3, 0.4) is 0 Å². The number of piperidine rings is 2. The number of anilines is 1. The van der Waals surface area contributed by atoms with Gasteiger partial charge in [0, 0.05) is 37.6 Å². The van der Waals surface area contributed by atoms with Crippen molar-refractivity contribution < 1.29 is 28.5 Å². The van der Waals surface area contributed by atoms with Crippen molar-refractivity contribution in [2.75, 3.05) is 31.1 Å². The first-order valence-corrected chi connectivity index (χ1v) is 9.60. The normalized spacial score (nSPS) is 34.3. The van der Waals surface area contributed by atoms with Crippen LogP contribution in [-0.2, 0) is 6.18 Å². The number of aromatic nitrogens is 1. The zero-order chi connectivity index (χ0) is 19.1. The van der Waals surface area contributed by atoms with Crippen LogP contribution in [0.15, 0.2) is 5.38 Å². The molecule has 0 saturated carbocycles. The van der Waals surface area contributed by atoms with Crippen molar-refractivity contribution in [2.45, 2.75) is 50.3 Å². The third-order valence-electron chi connectivity index (χ3n) is 5.30. The van der Waals surface area contributed by atoms with Crippen molar-refractivity contribution in [3.8, 4) is 0 Å². The minimum atomic E-state index is -4.43. The van der Waals surface area contributed by atoms with E-state index in [2.05, 4.69) is 4.98 Å². The Kier molecular flexibility index (Phi) is 5.78. The molecule has 2 saturated heterocycles. The van der Waals surface area contributed by atoms with Crippen molar-refractivity contribution in [1.82, 2.24) is 9.88 Å². The molecule has 2 aliphatic heterocycles. The van der Waals surface area contributed by atoms with E-state index in [9.17, 15) is 28.5 Å². The third-order valence-corrected chi connectivity index (χ3v) is 6.20. The first-order chi connectivity index (χ1) is 12.2. The molecule has 1 aromatic heterocycles. The Morgan fingerprint density at radius 3 is 2.62 bits per heavy atom.